The third-order valence-electron chi connectivity index (χ3n) is 4.69. The van der Waals surface area contributed by atoms with E-state index in [-0.39, 0.29) is 6.10 Å². The van der Waals surface area contributed by atoms with E-state index in [4.69, 9.17) is 15.5 Å². The smallest absolute Gasteiger partial charge is 0.137 e. The van der Waals surface area contributed by atoms with Gasteiger partial charge in [0.2, 0.25) is 0 Å². The van der Waals surface area contributed by atoms with E-state index in [0.717, 1.165) is 35.5 Å². The Morgan fingerprint density at radius 1 is 1.14 bits per heavy atom. The number of anilines is 1. The lowest BCUT2D eigenvalue weighted by Gasteiger charge is -2.19. The van der Waals surface area contributed by atoms with Gasteiger partial charge in [0.05, 0.1) is 17.9 Å². The molecule has 1 aromatic carbocycles. The third-order valence-corrected chi connectivity index (χ3v) is 4.69. The van der Waals surface area contributed by atoms with Gasteiger partial charge in [-0.15, -0.1) is 0 Å². The summed E-state index contributed by atoms with van der Waals surface area (Å²) in [5.74, 6) is 1.74. The van der Waals surface area contributed by atoms with Crippen molar-refractivity contribution in [1.82, 2.24) is 9.97 Å². The molecule has 2 bridgehead atoms. The summed E-state index contributed by atoms with van der Waals surface area (Å²) in [4.78, 5) is 9.38. The van der Waals surface area contributed by atoms with Gasteiger partial charge in [-0.25, -0.2) is 9.97 Å². The standard InChI is InChI=1S/C17H19N3O/c1-10-15(11-5-3-2-4-6-11)19-17(20-16(10)18)13-9-12-7-8-14(13)21-12/h2-6,12-14H,7-9H2,1H3,(H2,18,19,20). The predicted molar refractivity (Wildman–Crippen MR) is 81.9 cm³/mol. The Morgan fingerprint density at radius 2 is 1.95 bits per heavy atom. The first-order chi connectivity index (χ1) is 10.2. The lowest BCUT2D eigenvalue weighted by molar-refractivity contribution is 0.0999. The second kappa shape index (κ2) is 4.81. The van der Waals surface area contributed by atoms with Gasteiger partial charge in [0.1, 0.15) is 11.6 Å². The van der Waals surface area contributed by atoms with Gasteiger partial charge in [-0.05, 0) is 26.2 Å². The van der Waals surface area contributed by atoms with Crippen LogP contribution in [-0.2, 0) is 4.74 Å². The van der Waals surface area contributed by atoms with Crippen molar-refractivity contribution in [3.8, 4) is 11.3 Å². The van der Waals surface area contributed by atoms with Gasteiger partial charge in [0.25, 0.3) is 0 Å². The van der Waals surface area contributed by atoms with Crippen molar-refractivity contribution in [2.45, 2.75) is 44.3 Å². The first-order valence-electron chi connectivity index (χ1n) is 7.57. The summed E-state index contributed by atoms with van der Waals surface area (Å²) >= 11 is 0. The molecule has 3 atom stereocenters. The van der Waals surface area contributed by atoms with Crippen LogP contribution in [0.1, 0.15) is 36.6 Å². The van der Waals surface area contributed by atoms with Crippen LogP contribution in [0.15, 0.2) is 30.3 Å². The fourth-order valence-electron chi connectivity index (χ4n) is 3.50. The summed E-state index contributed by atoms with van der Waals surface area (Å²) in [7, 11) is 0. The Morgan fingerprint density at radius 3 is 2.62 bits per heavy atom. The molecular weight excluding hydrogens is 262 g/mol. The molecule has 2 fully saturated rings. The summed E-state index contributed by atoms with van der Waals surface area (Å²) in [6.45, 7) is 1.98. The highest BCUT2D eigenvalue weighted by Gasteiger charge is 2.43. The van der Waals surface area contributed by atoms with Gasteiger partial charge in [0.15, 0.2) is 0 Å². The molecular formula is C17H19N3O. The van der Waals surface area contributed by atoms with Crippen molar-refractivity contribution < 1.29 is 4.74 Å². The SMILES string of the molecule is Cc1c(N)nc(C2CC3CCC2O3)nc1-c1ccccc1. The second-order valence-corrected chi connectivity index (χ2v) is 6.02. The maximum absolute atomic E-state index is 6.13. The van der Waals surface area contributed by atoms with Crippen LogP contribution in [0.3, 0.4) is 0 Å². The molecule has 0 radical (unpaired) electrons. The molecule has 2 aliphatic rings. The fourth-order valence-corrected chi connectivity index (χ4v) is 3.50. The van der Waals surface area contributed by atoms with Crippen molar-refractivity contribution in [3.05, 3.63) is 41.7 Å². The highest BCUT2D eigenvalue weighted by Crippen LogP contribution is 2.44. The second-order valence-electron chi connectivity index (χ2n) is 6.02. The molecule has 4 nitrogen and oxygen atoms in total. The Hall–Kier alpha value is -1.94. The summed E-state index contributed by atoms with van der Waals surface area (Å²) in [6, 6.07) is 10.2. The molecule has 3 heterocycles. The lowest BCUT2D eigenvalue weighted by Crippen LogP contribution is -2.18. The lowest BCUT2D eigenvalue weighted by atomic mass is 9.88. The van der Waals surface area contributed by atoms with Crippen LogP contribution in [0.2, 0.25) is 0 Å². The number of benzene rings is 1. The molecule has 4 heteroatoms. The van der Waals surface area contributed by atoms with Gasteiger partial charge in [0, 0.05) is 17.0 Å². The Labute approximate surface area is 124 Å². The highest BCUT2D eigenvalue weighted by molar-refractivity contribution is 5.67. The Kier molecular flexibility index (Phi) is 2.93. The average molecular weight is 281 g/mol. The summed E-state index contributed by atoms with van der Waals surface area (Å²) in [5.41, 5.74) is 9.12. The third kappa shape index (κ3) is 2.10. The van der Waals surface area contributed by atoms with Gasteiger partial charge < -0.3 is 10.5 Å². The molecule has 0 amide bonds. The van der Waals surface area contributed by atoms with Crippen molar-refractivity contribution in [1.29, 1.82) is 0 Å². The van der Waals surface area contributed by atoms with Gasteiger partial charge in [-0.3, -0.25) is 0 Å². The van der Waals surface area contributed by atoms with Crippen LogP contribution in [0.4, 0.5) is 5.82 Å². The van der Waals surface area contributed by atoms with E-state index in [0.29, 0.717) is 17.8 Å². The summed E-state index contributed by atoms with van der Waals surface area (Å²) in [6.07, 6.45) is 4.00. The summed E-state index contributed by atoms with van der Waals surface area (Å²) < 4.78 is 5.93. The zero-order chi connectivity index (χ0) is 14.4. The molecule has 0 aliphatic carbocycles. The molecule has 108 valence electrons. The molecule has 0 saturated carbocycles. The van der Waals surface area contributed by atoms with Crippen molar-refractivity contribution >= 4 is 5.82 Å². The number of aromatic nitrogens is 2. The quantitative estimate of drug-likeness (QED) is 0.919. The van der Waals surface area contributed by atoms with Gasteiger partial charge in [-0.1, -0.05) is 30.3 Å². The zero-order valence-electron chi connectivity index (χ0n) is 12.1. The maximum atomic E-state index is 6.13. The molecule has 1 aromatic heterocycles. The Bertz CT molecular complexity index is 671. The fraction of sp³-hybridized carbons (Fsp3) is 0.412. The van der Waals surface area contributed by atoms with Gasteiger partial charge in [-0.2, -0.15) is 0 Å². The van der Waals surface area contributed by atoms with Gasteiger partial charge >= 0.3 is 0 Å². The minimum Gasteiger partial charge on any atom is -0.383 e. The van der Waals surface area contributed by atoms with Crippen LogP contribution in [0.5, 0.6) is 0 Å². The molecule has 3 unspecified atom stereocenters. The van der Waals surface area contributed by atoms with Crippen molar-refractivity contribution in [3.63, 3.8) is 0 Å². The topological polar surface area (TPSA) is 61.0 Å². The number of hydrogen-bond donors (Lipinski definition) is 1. The molecule has 2 aliphatic heterocycles. The van der Waals surface area contributed by atoms with Crippen molar-refractivity contribution in [2.75, 3.05) is 5.73 Å². The van der Waals surface area contributed by atoms with E-state index in [1.165, 1.54) is 6.42 Å². The normalized spacial score (nSPS) is 27.2. The average Bonchev–Trinajstić information content (AvgIpc) is 3.13. The molecule has 4 rings (SSSR count). The van der Waals surface area contributed by atoms with E-state index in [1.54, 1.807) is 0 Å². The Balaban J connectivity index is 1.78. The zero-order valence-corrected chi connectivity index (χ0v) is 12.1. The number of nitrogens with two attached hydrogens (primary N) is 1. The number of nitrogens with zero attached hydrogens (tertiary/aromatic N) is 2. The molecule has 0 spiro atoms. The van der Waals surface area contributed by atoms with E-state index in [1.807, 2.05) is 25.1 Å². The highest BCUT2D eigenvalue weighted by atomic mass is 16.5. The molecule has 2 aromatic rings. The number of fused-ring (bicyclic) bond motifs is 2. The largest absolute Gasteiger partial charge is 0.383 e. The van der Waals surface area contributed by atoms with Crippen LogP contribution in [-0.4, -0.2) is 22.2 Å². The number of rotatable bonds is 2. The monoisotopic (exact) mass is 281 g/mol. The minimum absolute atomic E-state index is 0.278. The molecule has 21 heavy (non-hydrogen) atoms. The van der Waals surface area contributed by atoms with Crippen LogP contribution < -0.4 is 5.73 Å². The first-order valence-corrected chi connectivity index (χ1v) is 7.57. The van der Waals surface area contributed by atoms with Crippen molar-refractivity contribution in [2.24, 2.45) is 0 Å². The van der Waals surface area contributed by atoms with E-state index >= 15 is 0 Å². The van der Waals surface area contributed by atoms with E-state index in [2.05, 4.69) is 17.1 Å². The predicted octanol–water partition coefficient (Wildman–Crippen LogP) is 3.07. The number of nitrogen functional groups attached to an aromatic ring is 1. The molecule has 2 saturated heterocycles. The minimum atomic E-state index is 0.278. The van der Waals surface area contributed by atoms with E-state index in [9.17, 15) is 0 Å². The maximum Gasteiger partial charge on any atom is 0.137 e. The first kappa shape index (κ1) is 12.8. The summed E-state index contributed by atoms with van der Waals surface area (Å²) in [5, 5.41) is 0. The van der Waals surface area contributed by atoms with Crippen LogP contribution in [0.25, 0.3) is 11.3 Å². The number of ether oxygens (including phenoxy) is 1. The van der Waals surface area contributed by atoms with Crippen LogP contribution in [0, 0.1) is 6.92 Å². The van der Waals surface area contributed by atoms with E-state index < -0.39 is 0 Å². The molecule has 2 N–H and O–H groups in total. The number of hydrogen-bond acceptors (Lipinski definition) is 4. The van der Waals surface area contributed by atoms with Crippen LogP contribution >= 0.6 is 0 Å².